The minimum Gasteiger partial charge on any atom is -0.469 e. The third kappa shape index (κ3) is 5.30. The van der Waals surface area contributed by atoms with E-state index in [-0.39, 0.29) is 30.1 Å². The molecule has 0 bridgehead atoms. The number of hydrogen-bond acceptors (Lipinski definition) is 4. The number of hydrogen-bond donors (Lipinski definition) is 0. The number of allylic oxidation sites excluding steroid dienone is 4. The van der Waals surface area contributed by atoms with Gasteiger partial charge in [-0.3, -0.25) is 4.79 Å². The van der Waals surface area contributed by atoms with Crippen LogP contribution in [0.15, 0.2) is 91.0 Å². The van der Waals surface area contributed by atoms with E-state index >= 15 is 0 Å². The lowest BCUT2D eigenvalue weighted by molar-refractivity contribution is -0.146. The largest absolute Gasteiger partial charge is 0.469 e. The molecule has 2 aromatic rings. The quantitative estimate of drug-likeness (QED) is 0.364. The predicted octanol–water partition coefficient (Wildman–Crippen LogP) is 6.22. The first-order chi connectivity index (χ1) is 16.1. The summed E-state index contributed by atoms with van der Waals surface area (Å²) in [5, 5.41) is 20.2. The van der Waals surface area contributed by atoms with Crippen molar-refractivity contribution < 1.29 is 9.53 Å². The normalized spacial score (nSPS) is 19.1. The molecular formula is C29H28N2O2. The lowest BCUT2D eigenvalue weighted by atomic mass is 9.63. The summed E-state index contributed by atoms with van der Waals surface area (Å²) in [5.41, 5.74) is 1.57. The van der Waals surface area contributed by atoms with E-state index in [1.807, 2.05) is 66.7 Å². The smallest absolute Gasteiger partial charge is 0.308 e. The van der Waals surface area contributed by atoms with Crippen LogP contribution in [-0.2, 0) is 9.53 Å². The van der Waals surface area contributed by atoms with Gasteiger partial charge in [-0.1, -0.05) is 85.0 Å². The summed E-state index contributed by atoms with van der Waals surface area (Å²) in [6.07, 6.45) is 8.90. The van der Waals surface area contributed by atoms with Gasteiger partial charge in [-0.2, -0.15) is 10.5 Å². The second kappa shape index (κ2) is 11.1. The lowest BCUT2D eigenvalue weighted by Gasteiger charge is -2.38. The van der Waals surface area contributed by atoms with Gasteiger partial charge in [0.05, 0.1) is 25.2 Å². The zero-order valence-corrected chi connectivity index (χ0v) is 18.9. The summed E-state index contributed by atoms with van der Waals surface area (Å²) in [6.45, 7) is 3.78. The number of methoxy groups -OCH3 is 1. The fourth-order valence-corrected chi connectivity index (χ4v) is 4.65. The number of rotatable bonds is 8. The van der Waals surface area contributed by atoms with Crippen molar-refractivity contribution >= 4 is 12.0 Å². The van der Waals surface area contributed by atoms with Crippen molar-refractivity contribution in [2.24, 2.45) is 17.3 Å². The lowest BCUT2D eigenvalue weighted by Crippen LogP contribution is -2.34. The molecule has 2 aromatic carbocycles. The van der Waals surface area contributed by atoms with E-state index in [0.717, 1.165) is 16.7 Å². The highest BCUT2D eigenvalue weighted by Gasteiger charge is 2.44. The van der Waals surface area contributed by atoms with E-state index in [0.29, 0.717) is 12.8 Å². The zero-order chi connectivity index (χ0) is 23.7. The molecule has 0 aromatic heterocycles. The van der Waals surface area contributed by atoms with Gasteiger partial charge in [-0.15, -0.1) is 6.58 Å². The molecule has 0 saturated carbocycles. The molecule has 0 amide bonds. The standard InChI is InChI=1S/C29H28N2O2/c1-3-18-29(20-30,21-31)27-17-15-24(28(32)33-2)19-26(27)25(23-12-8-5-9-13-23)16-14-22-10-6-4-7-11-22/h3-14,16-17,24-26H,1,15,18-19H2,2H3/b16-14+/t24-,25+,26?/m1/s1. The number of nitriles is 2. The minimum absolute atomic E-state index is 0.129. The van der Waals surface area contributed by atoms with Gasteiger partial charge in [0, 0.05) is 12.3 Å². The average Bonchev–Trinajstić information content (AvgIpc) is 2.88. The first-order valence-electron chi connectivity index (χ1n) is 11.1. The monoisotopic (exact) mass is 436 g/mol. The maximum atomic E-state index is 12.5. The van der Waals surface area contributed by atoms with Crippen LogP contribution in [0.1, 0.15) is 36.3 Å². The van der Waals surface area contributed by atoms with Crippen LogP contribution in [0.3, 0.4) is 0 Å². The van der Waals surface area contributed by atoms with Crippen molar-refractivity contribution in [3.8, 4) is 12.1 Å². The maximum Gasteiger partial charge on any atom is 0.308 e. The van der Waals surface area contributed by atoms with Crippen molar-refractivity contribution in [2.45, 2.75) is 25.2 Å². The zero-order valence-electron chi connectivity index (χ0n) is 18.9. The topological polar surface area (TPSA) is 73.9 Å². The number of ether oxygens (including phenoxy) is 1. The number of esters is 1. The molecule has 1 aliphatic rings. The van der Waals surface area contributed by atoms with Crippen LogP contribution in [0.4, 0.5) is 0 Å². The molecule has 0 fully saturated rings. The van der Waals surface area contributed by atoms with E-state index in [2.05, 4.69) is 30.9 Å². The molecule has 0 heterocycles. The second-order valence-corrected chi connectivity index (χ2v) is 8.29. The van der Waals surface area contributed by atoms with Crippen LogP contribution < -0.4 is 0 Å². The summed E-state index contributed by atoms with van der Waals surface area (Å²) in [5.74, 6) is -0.934. The van der Waals surface area contributed by atoms with Gasteiger partial charge >= 0.3 is 5.97 Å². The fourth-order valence-electron chi connectivity index (χ4n) is 4.65. The average molecular weight is 437 g/mol. The van der Waals surface area contributed by atoms with Gasteiger partial charge in [0.15, 0.2) is 5.41 Å². The third-order valence-electron chi connectivity index (χ3n) is 6.33. The van der Waals surface area contributed by atoms with Gasteiger partial charge in [0.1, 0.15) is 0 Å². The molecule has 1 aliphatic carbocycles. The summed E-state index contributed by atoms with van der Waals surface area (Å²) in [7, 11) is 1.40. The second-order valence-electron chi connectivity index (χ2n) is 8.29. The van der Waals surface area contributed by atoms with Crippen molar-refractivity contribution in [1.29, 1.82) is 10.5 Å². The Morgan fingerprint density at radius 3 is 2.36 bits per heavy atom. The minimum atomic E-state index is -1.32. The first-order valence-corrected chi connectivity index (χ1v) is 11.1. The molecule has 166 valence electrons. The summed E-state index contributed by atoms with van der Waals surface area (Å²) < 4.78 is 5.04. The van der Waals surface area contributed by atoms with Crippen LogP contribution in [-0.4, -0.2) is 13.1 Å². The van der Waals surface area contributed by atoms with E-state index in [1.54, 1.807) is 6.08 Å². The predicted molar refractivity (Wildman–Crippen MR) is 129 cm³/mol. The molecular weight excluding hydrogens is 408 g/mol. The molecule has 0 radical (unpaired) electrons. The SMILES string of the molecule is C=CCC(C#N)(C#N)C1=CC[C@@H](C(=O)OC)CC1[C@@H](/C=C/c1ccccc1)c1ccccc1. The van der Waals surface area contributed by atoms with Crippen LogP contribution in [0, 0.1) is 39.9 Å². The Kier molecular flexibility index (Phi) is 8.01. The van der Waals surface area contributed by atoms with Gasteiger partial charge in [-0.05, 0) is 35.5 Å². The van der Waals surface area contributed by atoms with Crippen LogP contribution in [0.25, 0.3) is 6.08 Å². The molecule has 1 unspecified atom stereocenters. The Balaban J connectivity index is 2.14. The summed E-state index contributed by atoms with van der Waals surface area (Å²) in [4.78, 5) is 12.5. The highest BCUT2D eigenvalue weighted by molar-refractivity contribution is 5.73. The van der Waals surface area contributed by atoms with Crippen LogP contribution >= 0.6 is 0 Å². The third-order valence-corrected chi connectivity index (χ3v) is 6.33. The summed E-state index contributed by atoms with van der Waals surface area (Å²) in [6, 6.07) is 24.5. The molecule has 33 heavy (non-hydrogen) atoms. The van der Waals surface area contributed by atoms with E-state index in [4.69, 9.17) is 4.74 Å². The molecule has 3 rings (SSSR count). The molecule has 0 spiro atoms. The highest BCUT2D eigenvalue weighted by atomic mass is 16.5. The Morgan fingerprint density at radius 1 is 1.15 bits per heavy atom. The fraction of sp³-hybridized carbons (Fsp3) is 0.276. The van der Waals surface area contributed by atoms with Gasteiger partial charge in [0.2, 0.25) is 0 Å². The number of carbonyl (C=O) groups is 1. The van der Waals surface area contributed by atoms with E-state index < -0.39 is 5.41 Å². The molecule has 0 aliphatic heterocycles. The molecule has 3 atom stereocenters. The Hall–Kier alpha value is -3.89. The maximum absolute atomic E-state index is 12.5. The molecule has 4 nitrogen and oxygen atoms in total. The molecule has 4 heteroatoms. The number of carbonyl (C=O) groups excluding carboxylic acids is 1. The highest BCUT2D eigenvalue weighted by Crippen LogP contribution is 2.48. The van der Waals surface area contributed by atoms with Gasteiger partial charge in [0.25, 0.3) is 0 Å². The van der Waals surface area contributed by atoms with Crippen molar-refractivity contribution in [3.05, 3.63) is 102 Å². The first kappa shape index (κ1) is 23.8. The van der Waals surface area contributed by atoms with Gasteiger partial charge in [-0.25, -0.2) is 0 Å². The van der Waals surface area contributed by atoms with Crippen LogP contribution in [0.5, 0.6) is 0 Å². The Labute approximate surface area is 196 Å². The van der Waals surface area contributed by atoms with Gasteiger partial charge < -0.3 is 4.74 Å². The Morgan fingerprint density at radius 2 is 1.79 bits per heavy atom. The van der Waals surface area contributed by atoms with Crippen LogP contribution in [0.2, 0.25) is 0 Å². The number of benzene rings is 2. The molecule has 0 saturated heterocycles. The van der Waals surface area contributed by atoms with Crippen molar-refractivity contribution in [3.63, 3.8) is 0 Å². The number of nitrogens with zero attached hydrogens (tertiary/aromatic N) is 2. The molecule has 0 N–H and O–H groups in total. The summed E-state index contributed by atoms with van der Waals surface area (Å²) >= 11 is 0. The van der Waals surface area contributed by atoms with Crippen molar-refractivity contribution in [1.82, 2.24) is 0 Å². The Bertz CT molecular complexity index is 1090. The van der Waals surface area contributed by atoms with Crippen molar-refractivity contribution in [2.75, 3.05) is 7.11 Å². The van der Waals surface area contributed by atoms with E-state index in [1.165, 1.54) is 7.11 Å². The van der Waals surface area contributed by atoms with E-state index in [9.17, 15) is 15.3 Å².